The average Bonchev–Trinajstić information content (AvgIpc) is 2.83. The number of benzene rings is 2. The Morgan fingerprint density at radius 3 is 2.38 bits per heavy atom. The minimum atomic E-state index is -3.60. The van der Waals surface area contributed by atoms with Gasteiger partial charge in [-0.25, -0.2) is 8.42 Å². The van der Waals surface area contributed by atoms with Gasteiger partial charge in [-0.2, -0.15) is 0 Å². The van der Waals surface area contributed by atoms with Crippen molar-refractivity contribution in [2.75, 3.05) is 37.4 Å². The highest BCUT2D eigenvalue weighted by Crippen LogP contribution is 2.34. The largest absolute Gasteiger partial charge is 0.486 e. The van der Waals surface area contributed by atoms with Gasteiger partial charge >= 0.3 is 0 Å². The number of rotatable bonds is 10. The van der Waals surface area contributed by atoms with Crippen LogP contribution in [0.15, 0.2) is 48.5 Å². The molecule has 1 heterocycles. The summed E-state index contributed by atoms with van der Waals surface area (Å²) in [5, 5.41) is 2.58. The summed E-state index contributed by atoms with van der Waals surface area (Å²) >= 11 is 0. The molecule has 2 aromatic carbocycles. The first-order valence-electron chi connectivity index (χ1n) is 11.1. The fraction of sp³-hybridized carbons (Fsp3) is 0.417. The maximum atomic E-state index is 13.1. The van der Waals surface area contributed by atoms with E-state index in [4.69, 9.17) is 9.47 Å². The minimum absolute atomic E-state index is 0.0880. The lowest BCUT2D eigenvalue weighted by molar-refractivity contribution is -0.140. The molecule has 0 spiro atoms. The third-order valence-corrected chi connectivity index (χ3v) is 6.77. The van der Waals surface area contributed by atoms with Crippen LogP contribution >= 0.6 is 0 Å². The maximum Gasteiger partial charge on any atom is 0.242 e. The van der Waals surface area contributed by atoms with E-state index in [1.54, 1.807) is 25.1 Å². The van der Waals surface area contributed by atoms with Crippen molar-refractivity contribution in [2.24, 2.45) is 0 Å². The SMILES string of the molecule is CNC(=O)[C@H](C)N(Cc1ccccc1)C(=O)CCCN(c1ccc2c(c1)OCCO2)S(C)(=O)=O. The molecule has 2 amide bonds. The molecule has 0 bridgehead atoms. The molecule has 0 radical (unpaired) electrons. The number of hydrogen-bond donors (Lipinski definition) is 1. The predicted octanol–water partition coefficient (Wildman–Crippen LogP) is 2.17. The number of amides is 2. The number of likely N-dealkylation sites (N-methyl/N-ethyl adjacent to an activating group) is 1. The van der Waals surface area contributed by atoms with Crippen molar-refractivity contribution in [3.63, 3.8) is 0 Å². The molecule has 0 unspecified atom stereocenters. The Bertz CT molecular complexity index is 1110. The van der Waals surface area contributed by atoms with Crippen LogP contribution in [0.25, 0.3) is 0 Å². The van der Waals surface area contributed by atoms with E-state index in [9.17, 15) is 18.0 Å². The smallest absolute Gasteiger partial charge is 0.242 e. The summed E-state index contributed by atoms with van der Waals surface area (Å²) in [7, 11) is -2.07. The Labute approximate surface area is 200 Å². The topological polar surface area (TPSA) is 105 Å². The van der Waals surface area contributed by atoms with Gasteiger partial charge in [0.15, 0.2) is 11.5 Å². The molecule has 1 atom stereocenters. The van der Waals surface area contributed by atoms with E-state index in [1.165, 1.54) is 16.3 Å². The Hall–Kier alpha value is -3.27. The average molecular weight is 490 g/mol. The van der Waals surface area contributed by atoms with Gasteiger partial charge in [0.05, 0.1) is 11.9 Å². The van der Waals surface area contributed by atoms with Crippen molar-refractivity contribution in [3.05, 3.63) is 54.1 Å². The van der Waals surface area contributed by atoms with Gasteiger partial charge in [-0.3, -0.25) is 13.9 Å². The van der Waals surface area contributed by atoms with Crippen LogP contribution in [0.3, 0.4) is 0 Å². The van der Waals surface area contributed by atoms with Crippen molar-refractivity contribution in [1.29, 1.82) is 0 Å². The van der Waals surface area contributed by atoms with Crippen LogP contribution in [0.4, 0.5) is 5.69 Å². The standard InChI is InChI=1S/C24H31N3O6S/c1-18(24(29)25-2)26(17-19-8-5-4-6-9-19)23(28)10-7-13-27(34(3,30)31)20-11-12-21-22(16-20)33-15-14-32-21/h4-6,8-9,11-12,16,18H,7,10,13-15,17H2,1-3H3,(H,25,29)/t18-/m0/s1. The van der Waals surface area contributed by atoms with Crippen LogP contribution in [0.1, 0.15) is 25.3 Å². The summed E-state index contributed by atoms with van der Waals surface area (Å²) in [4.78, 5) is 26.9. The van der Waals surface area contributed by atoms with Crippen LogP contribution in [-0.4, -0.2) is 64.2 Å². The van der Waals surface area contributed by atoms with Crippen molar-refractivity contribution < 1.29 is 27.5 Å². The number of nitrogens with one attached hydrogen (secondary N) is 1. The van der Waals surface area contributed by atoms with Gasteiger partial charge in [0.1, 0.15) is 19.3 Å². The number of nitrogens with zero attached hydrogens (tertiary/aromatic N) is 2. The lowest BCUT2D eigenvalue weighted by Gasteiger charge is -2.29. The van der Waals surface area contributed by atoms with E-state index in [2.05, 4.69) is 5.32 Å². The predicted molar refractivity (Wildman–Crippen MR) is 129 cm³/mol. The molecule has 0 saturated heterocycles. The zero-order valence-corrected chi connectivity index (χ0v) is 20.5. The Morgan fingerprint density at radius 1 is 1.06 bits per heavy atom. The molecule has 1 aliphatic heterocycles. The highest BCUT2D eigenvalue weighted by Gasteiger charge is 2.26. The fourth-order valence-corrected chi connectivity index (χ4v) is 4.72. The van der Waals surface area contributed by atoms with Gasteiger partial charge in [0.2, 0.25) is 21.8 Å². The molecule has 0 saturated carbocycles. The number of carbonyl (C=O) groups is 2. The van der Waals surface area contributed by atoms with Crippen molar-refractivity contribution in [1.82, 2.24) is 10.2 Å². The first-order valence-corrected chi connectivity index (χ1v) is 13.0. The van der Waals surface area contributed by atoms with Crippen LogP contribution < -0.4 is 19.1 Å². The third kappa shape index (κ3) is 6.40. The normalized spacial score (nSPS) is 13.6. The number of fused-ring (bicyclic) bond motifs is 1. The molecular formula is C24H31N3O6S. The van der Waals surface area contributed by atoms with E-state index >= 15 is 0 Å². The van der Waals surface area contributed by atoms with Crippen LogP contribution in [-0.2, 0) is 26.2 Å². The van der Waals surface area contributed by atoms with Gasteiger partial charge in [-0.05, 0) is 31.0 Å². The second-order valence-electron chi connectivity index (χ2n) is 8.06. The second kappa shape index (κ2) is 11.2. The first-order chi connectivity index (χ1) is 16.2. The Kier molecular flexibility index (Phi) is 8.38. The number of carbonyl (C=O) groups excluding carboxylic acids is 2. The third-order valence-electron chi connectivity index (χ3n) is 5.58. The van der Waals surface area contributed by atoms with Crippen molar-refractivity contribution in [2.45, 2.75) is 32.4 Å². The molecule has 0 aromatic heterocycles. The highest BCUT2D eigenvalue weighted by atomic mass is 32.2. The van der Waals surface area contributed by atoms with Crippen LogP contribution in [0, 0.1) is 0 Å². The quantitative estimate of drug-likeness (QED) is 0.548. The van der Waals surface area contributed by atoms with Crippen molar-refractivity contribution >= 4 is 27.5 Å². The molecular weight excluding hydrogens is 458 g/mol. The van der Waals surface area contributed by atoms with Gasteiger partial charge in [-0.15, -0.1) is 0 Å². The molecule has 10 heteroatoms. The van der Waals surface area contributed by atoms with E-state index < -0.39 is 16.1 Å². The lowest BCUT2D eigenvalue weighted by atomic mass is 10.1. The summed E-state index contributed by atoms with van der Waals surface area (Å²) in [6, 6.07) is 13.7. The van der Waals surface area contributed by atoms with Gasteiger partial charge in [-0.1, -0.05) is 30.3 Å². The van der Waals surface area contributed by atoms with Gasteiger partial charge in [0, 0.05) is 32.6 Å². The number of ether oxygens (including phenoxy) is 2. The molecule has 9 nitrogen and oxygen atoms in total. The fourth-order valence-electron chi connectivity index (χ4n) is 3.76. The summed E-state index contributed by atoms with van der Waals surface area (Å²) in [6.45, 7) is 2.91. The summed E-state index contributed by atoms with van der Waals surface area (Å²) in [5.74, 6) is 0.564. The highest BCUT2D eigenvalue weighted by molar-refractivity contribution is 7.92. The van der Waals surface area contributed by atoms with Crippen molar-refractivity contribution in [3.8, 4) is 11.5 Å². The summed E-state index contributed by atoms with van der Waals surface area (Å²) in [5.41, 5.74) is 1.35. The monoisotopic (exact) mass is 489 g/mol. The first kappa shape index (κ1) is 25.4. The van der Waals surface area contributed by atoms with E-state index in [1.807, 2.05) is 30.3 Å². The Balaban J connectivity index is 1.71. The van der Waals surface area contributed by atoms with E-state index in [-0.39, 0.29) is 37.7 Å². The molecule has 34 heavy (non-hydrogen) atoms. The zero-order valence-electron chi connectivity index (χ0n) is 19.7. The summed E-state index contributed by atoms with van der Waals surface area (Å²) < 4.78 is 37.3. The molecule has 184 valence electrons. The molecule has 0 aliphatic carbocycles. The number of sulfonamides is 1. The van der Waals surface area contributed by atoms with Gasteiger partial charge in [0.25, 0.3) is 0 Å². The van der Waals surface area contributed by atoms with Crippen LogP contribution in [0.2, 0.25) is 0 Å². The molecule has 1 aliphatic rings. The van der Waals surface area contributed by atoms with E-state index in [0.717, 1.165) is 11.8 Å². The van der Waals surface area contributed by atoms with Gasteiger partial charge < -0.3 is 19.7 Å². The molecule has 2 aromatic rings. The molecule has 1 N–H and O–H groups in total. The zero-order chi connectivity index (χ0) is 24.7. The maximum absolute atomic E-state index is 13.1. The molecule has 0 fully saturated rings. The van der Waals surface area contributed by atoms with Crippen LogP contribution in [0.5, 0.6) is 11.5 Å². The minimum Gasteiger partial charge on any atom is -0.486 e. The summed E-state index contributed by atoms with van der Waals surface area (Å²) in [6.07, 6.45) is 1.50. The Morgan fingerprint density at radius 2 is 1.74 bits per heavy atom. The second-order valence-corrected chi connectivity index (χ2v) is 9.97. The number of hydrogen-bond acceptors (Lipinski definition) is 6. The van der Waals surface area contributed by atoms with E-state index in [0.29, 0.717) is 30.4 Å². The lowest BCUT2D eigenvalue weighted by Crippen LogP contribution is -2.46. The number of anilines is 1. The molecule has 3 rings (SSSR count).